The van der Waals surface area contributed by atoms with Gasteiger partial charge in [-0.2, -0.15) is 0 Å². The van der Waals surface area contributed by atoms with Crippen LogP contribution in [-0.2, 0) is 6.54 Å². The summed E-state index contributed by atoms with van der Waals surface area (Å²) >= 11 is 0. The van der Waals surface area contributed by atoms with Crippen LogP contribution in [0.15, 0.2) is 60.9 Å². The third-order valence-electron chi connectivity index (χ3n) is 6.38. The van der Waals surface area contributed by atoms with Crippen molar-refractivity contribution in [3.8, 4) is 5.75 Å². The van der Waals surface area contributed by atoms with E-state index in [2.05, 4.69) is 38.7 Å². The molecule has 0 amide bonds. The maximum atomic E-state index is 7.80. The molecule has 4 N–H and O–H groups in total. The lowest BCUT2D eigenvalue weighted by Crippen LogP contribution is -2.40. The van der Waals surface area contributed by atoms with Crippen LogP contribution in [-0.4, -0.2) is 45.3 Å². The van der Waals surface area contributed by atoms with Crippen LogP contribution in [0.1, 0.15) is 30.9 Å². The first-order valence-corrected chi connectivity index (χ1v) is 11.2. The average Bonchev–Trinajstić information content (AvgIpc) is 3.21. The van der Waals surface area contributed by atoms with Gasteiger partial charge in [-0.3, -0.25) is 10.8 Å². The van der Waals surface area contributed by atoms with Crippen LogP contribution in [0.2, 0.25) is 0 Å². The Morgan fingerprint density at radius 3 is 2.58 bits per heavy atom. The van der Waals surface area contributed by atoms with Gasteiger partial charge in [-0.15, -0.1) is 0 Å². The molecule has 7 heteroatoms. The lowest BCUT2D eigenvalue weighted by molar-refractivity contribution is 0.130. The Morgan fingerprint density at radius 1 is 1.03 bits per heavy atom. The summed E-state index contributed by atoms with van der Waals surface area (Å²) in [6, 6.07) is 18.3. The van der Waals surface area contributed by atoms with E-state index in [-0.39, 0.29) is 11.9 Å². The highest BCUT2D eigenvalue weighted by Gasteiger charge is 2.21. The first kappa shape index (κ1) is 21.0. The molecular weight excluding hydrogens is 412 g/mol. The van der Waals surface area contributed by atoms with Crippen LogP contribution in [0, 0.1) is 10.8 Å². The van der Waals surface area contributed by atoms with E-state index < -0.39 is 0 Å². The molecule has 2 heterocycles. The number of hydrogen-bond acceptors (Lipinski definition) is 4. The Labute approximate surface area is 192 Å². The minimum Gasteiger partial charge on any atom is -0.490 e. The van der Waals surface area contributed by atoms with Gasteiger partial charge in [0.05, 0.1) is 23.2 Å². The third-order valence-corrected chi connectivity index (χ3v) is 6.38. The number of benzene rings is 3. The summed E-state index contributed by atoms with van der Waals surface area (Å²) in [6.07, 6.45) is 3.89. The van der Waals surface area contributed by atoms with Crippen molar-refractivity contribution in [2.45, 2.75) is 32.4 Å². The molecular formula is C26H28N6O. The van der Waals surface area contributed by atoms with E-state index in [1.807, 2.05) is 43.6 Å². The number of nitrogens with two attached hydrogens (primary N) is 1. The molecule has 4 aromatic rings. The molecule has 0 spiro atoms. The summed E-state index contributed by atoms with van der Waals surface area (Å²) in [7, 11) is 0. The van der Waals surface area contributed by atoms with Crippen molar-refractivity contribution in [2.24, 2.45) is 5.73 Å². The molecule has 1 saturated heterocycles. The van der Waals surface area contributed by atoms with Gasteiger partial charge in [-0.25, -0.2) is 4.98 Å². The van der Waals surface area contributed by atoms with E-state index in [4.69, 9.17) is 21.3 Å². The van der Waals surface area contributed by atoms with E-state index in [1.165, 1.54) is 0 Å². The van der Waals surface area contributed by atoms with Gasteiger partial charge < -0.3 is 19.9 Å². The quantitative estimate of drug-likeness (QED) is 0.317. The fourth-order valence-corrected chi connectivity index (χ4v) is 4.50. The number of nitrogens with zero attached hydrogens (tertiary/aromatic N) is 3. The van der Waals surface area contributed by atoms with Crippen molar-refractivity contribution in [3.63, 3.8) is 0 Å². The van der Waals surface area contributed by atoms with Crippen molar-refractivity contribution in [3.05, 3.63) is 72.1 Å². The molecule has 0 radical (unpaired) electrons. The summed E-state index contributed by atoms with van der Waals surface area (Å²) in [5, 5.41) is 17.7. The first-order chi connectivity index (χ1) is 16.0. The molecule has 5 rings (SSSR count). The van der Waals surface area contributed by atoms with Gasteiger partial charge in [-0.1, -0.05) is 24.3 Å². The second-order valence-electron chi connectivity index (χ2n) is 8.72. The standard InChI is InChI=1S/C26H28N6O/c1-17(27)31-10-8-22(9-11-31)33-23-6-7-24-25(14-23)32(16-30-24)15-18-2-3-19-4-5-20(26(28)29)13-21(19)12-18/h2-7,12-14,16,22,27H,8-11,15H2,1H3,(H3,28,29). The summed E-state index contributed by atoms with van der Waals surface area (Å²) in [5.74, 6) is 1.57. The number of hydrogen-bond donors (Lipinski definition) is 3. The predicted octanol–water partition coefficient (Wildman–Crippen LogP) is 4.36. The zero-order valence-electron chi connectivity index (χ0n) is 18.7. The van der Waals surface area contributed by atoms with Crippen LogP contribution in [0.5, 0.6) is 5.75 Å². The summed E-state index contributed by atoms with van der Waals surface area (Å²) in [5.41, 5.74) is 9.53. The highest BCUT2D eigenvalue weighted by atomic mass is 16.5. The molecule has 168 valence electrons. The van der Waals surface area contributed by atoms with Crippen LogP contribution in [0.25, 0.3) is 21.8 Å². The topological polar surface area (TPSA) is 104 Å². The Balaban J connectivity index is 1.36. The monoisotopic (exact) mass is 440 g/mol. The number of nitrogen functional groups attached to an aromatic ring is 1. The number of amidine groups is 2. The largest absolute Gasteiger partial charge is 0.490 e. The molecule has 7 nitrogen and oxygen atoms in total. The third kappa shape index (κ3) is 4.39. The molecule has 33 heavy (non-hydrogen) atoms. The summed E-state index contributed by atoms with van der Waals surface area (Å²) < 4.78 is 8.43. The number of rotatable bonds is 5. The van der Waals surface area contributed by atoms with Crippen molar-refractivity contribution in [1.82, 2.24) is 14.5 Å². The maximum Gasteiger partial charge on any atom is 0.122 e. The average molecular weight is 441 g/mol. The zero-order valence-corrected chi connectivity index (χ0v) is 18.7. The fraction of sp³-hybridized carbons (Fsp3) is 0.269. The molecule has 0 saturated carbocycles. The molecule has 0 bridgehead atoms. The van der Waals surface area contributed by atoms with Gasteiger partial charge in [-0.05, 0) is 47.5 Å². The van der Waals surface area contributed by atoms with Gasteiger partial charge in [0.2, 0.25) is 0 Å². The van der Waals surface area contributed by atoms with Gasteiger partial charge in [0.1, 0.15) is 17.7 Å². The zero-order chi connectivity index (χ0) is 22.9. The Hall–Kier alpha value is -3.87. The number of imidazole rings is 1. The number of piperidine rings is 1. The highest BCUT2D eigenvalue weighted by molar-refractivity contribution is 5.99. The van der Waals surface area contributed by atoms with Gasteiger partial charge in [0.25, 0.3) is 0 Å². The molecule has 0 aliphatic carbocycles. The van der Waals surface area contributed by atoms with Crippen molar-refractivity contribution >= 4 is 33.5 Å². The molecule has 3 aromatic carbocycles. The number of fused-ring (bicyclic) bond motifs is 2. The predicted molar refractivity (Wildman–Crippen MR) is 132 cm³/mol. The molecule has 0 atom stereocenters. The summed E-state index contributed by atoms with van der Waals surface area (Å²) in [6.45, 7) is 4.27. The Morgan fingerprint density at radius 2 is 1.82 bits per heavy atom. The van der Waals surface area contributed by atoms with Crippen molar-refractivity contribution in [2.75, 3.05) is 13.1 Å². The van der Waals surface area contributed by atoms with E-state index >= 15 is 0 Å². The van der Waals surface area contributed by atoms with Crippen LogP contribution in [0.4, 0.5) is 0 Å². The maximum absolute atomic E-state index is 7.80. The Bertz CT molecular complexity index is 1350. The normalized spacial score (nSPS) is 14.6. The number of ether oxygens (including phenoxy) is 1. The lowest BCUT2D eigenvalue weighted by atomic mass is 10.0. The number of likely N-dealkylation sites (tertiary alicyclic amines) is 1. The molecule has 1 aromatic heterocycles. The Kier molecular flexibility index (Phi) is 5.46. The summed E-state index contributed by atoms with van der Waals surface area (Å²) in [4.78, 5) is 6.66. The van der Waals surface area contributed by atoms with Crippen LogP contribution >= 0.6 is 0 Å². The molecule has 0 unspecified atom stereocenters. The van der Waals surface area contributed by atoms with E-state index in [9.17, 15) is 0 Å². The van der Waals surface area contributed by atoms with Crippen LogP contribution in [0.3, 0.4) is 0 Å². The van der Waals surface area contributed by atoms with Crippen molar-refractivity contribution < 1.29 is 4.74 Å². The second-order valence-corrected chi connectivity index (χ2v) is 8.72. The highest BCUT2D eigenvalue weighted by Crippen LogP contribution is 2.25. The van der Waals surface area contributed by atoms with Gasteiger partial charge in [0, 0.05) is 44.1 Å². The van der Waals surface area contributed by atoms with Gasteiger partial charge >= 0.3 is 0 Å². The fourth-order valence-electron chi connectivity index (χ4n) is 4.50. The van der Waals surface area contributed by atoms with E-state index in [0.717, 1.165) is 64.6 Å². The molecule has 1 aliphatic rings. The smallest absolute Gasteiger partial charge is 0.122 e. The first-order valence-electron chi connectivity index (χ1n) is 11.2. The van der Waals surface area contributed by atoms with Crippen molar-refractivity contribution in [1.29, 1.82) is 10.8 Å². The van der Waals surface area contributed by atoms with Crippen LogP contribution < -0.4 is 10.5 Å². The molecule has 1 aliphatic heterocycles. The lowest BCUT2D eigenvalue weighted by Gasteiger charge is -2.32. The van der Waals surface area contributed by atoms with Gasteiger partial charge in [0.15, 0.2) is 0 Å². The minimum absolute atomic E-state index is 0.0778. The number of aromatic nitrogens is 2. The second kappa shape index (κ2) is 8.58. The van der Waals surface area contributed by atoms with E-state index in [0.29, 0.717) is 12.4 Å². The van der Waals surface area contributed by atoms with E-state index in [1.54, 1.807) is 0 Å². The SMILES string of the molecule is CC(=N)N1CCC(Oc2ccc3ncn(Cc4ccc5ccc(C(=N)N)cc5c4)c3c2)CC1. The number of nitrogens with one attached hydrogen (secondary N) is 2. The minimum atomic E-state index is 0.0778. The molecule has 1 fully saturated rings.